The summed E-state index contributed by atoms with van der Waals surface area (Å²) in [7, 11) is 0. The van der Waals surface area contributed by atoms with E-state index in [0.717, 1.165) is 12.1 Å². The summed E-state index contributed by atoms with van der Waals surface area (Å²) in [6.07, 6.45) is -1.59. The number of rotatable bonds is 6. The molecule has 0 bridgehead atoms. The lowest BCUT2D eigenvalue weighted by Gasteiger charge is -2.26. The predicted octanol–water partition coefficient (Wildman–Crippen LogP) is 4.01. The molecule has 0 aliphatic rings. The SMILES string of the molecule is O=C(N[C@@H](Oc1cccc([N+](=O)[O-])c1)C(Cl)(Cl)Cl)c1ccccc1[N+](=O)[O-]. The fraction of sp³-hybridized carbons (Fsp3) is 0.133. The Labute approximate surface area is 167 Å². The fourth-order valence-electron chi connectivity index (χ4n) is 2.01. The number of halogens is 3. The maximum atomic E-state index is 12.4. The molecule has 0 heterocycles. The Morgan fingerprint density at radius 2 is 1.70 bits per heavy atom. The molecule has 0 fully saturated rings. The Bertz CT molecular complexity index is 887. The quantitative estimate of drug-likeness (QED) is 0.317. The molecule has 1 N–H and O–H groups in total. The number of amides is 1. The highest BCUT2D eigenvalue weighted by Crippen LogP contribution is 2.33. The van der Waals surface area contributed by atoms with E-state index in [9.17, 15) is 25.0 Å². The van der Waals surface area contributed by atoms with Gasteiger partial charge in [0.05, 0.1) is 15.9 Å². The first kappa shape index (κ1) is 20.7. The van der Waals surface area contributed by atoms with E-state index in [4.69, 9.17) is 39.5 Å². The molecule has 0 radical (unpaired) electrons. The van der Waals surface area contributed by atoms with Gasteiger partial charge in [-0.05, 0) is 12.1 Å². The zero-order valence-corrected chi connectivity index (χ0v) is 15.4. The number of non-ortho nitro benzene ring substituents is 1. The summed E-state index contributed by atoms with van der Waals surface area (Å²) in [5, 5.41) is 24.1. The van der Waals surface area contributed by atoms with Crippen LogP contribution in [0.4, 0.5) is 11.4 Å². The first-order valence-electron chi connectivity index (χ1n) is 7.11. The minimum Gasteiger partial charge on any atom is -0.466 e. The molecule has 2 rings (SSSR count). The summed E-state index contributed by atoms with van der Waals surface area (Å²) in [4.78, 5) is 32.9. The van der Waals surface area contributed by atoms with Crippen molar-refractivity contribution in [3.05, 3.63) is 74.3 Å². The molecule has 1 amide bonds. The van der Waals surface area contributed by atoms with E-state index in [0.29, 0.717) is 0 Å². The van der Waals surface area contributed by atoms with Crippen LogP contribution in [0.15, 0.2) is 48.5 Å². The molecule has 12 heteroatoms. The lowest BCUT2D eigenvalue weighted by atomic mass is 10.1. The number of nitrogens with one attached hydrogen (secondary N) is 1. The molecule has 142 valence electrons. The summed E-state index contributed by atoms with van der Waals surface area (Å²) < 4.78 is 3.18. The molecule has 0 aliphatic carbocycles. The van der Waals surface area contributed by atoms with Crippen molar-refractivity contribution in [1.82, 2.24) is 5.32 Å². The number of nitrogens with zero attached hydrogens (tertiary/aromatic N) is 2. The van der Waals surface area contributed by atoms with E-state index in [2.05, 4.69) is 5.32 Å². The molecule has 0 unspecified atom stereocenters. The average molecular weight is 435 g/mol. The average Bonchev–Trinajstić information content (AvgIpc) is 2.60. The number of carbonyl (C=O) groups excluding carboxylic acids is 1. The monoisotopic (exact) mass is 433 g/mol. The van der Waals surface area contributed by atoms with E-state index in [1.807, 2.05) is 0 Å². The zero-order valence-electron chi connectivity index (χ0n) is 13.2. The van der Waals surface area contributed by atoms with E-state index in [1.165, 1.54) is 36.4 Å². The van der Waals surface area contributed by atoms with Crippen molar-refractivity contribution >= 4 is 52.1 Å². The van der Waals surface area contributed by atoms with E-state index >= 15 is 0 Å². The summed E-state index contributed by atoms with van der Waals surface area (Å²) in [5.41, 5.74) is -1.00. The van der Waals surface area contributed by atoms with Crippen LogP contribution in [0.2, 0.25) is 0 Å². The third-order valence-corrected chi connectivity index (χ3v) is 3.78. The van der Waals surface area contributed by atoms with Crippen LogP contribution in [0, 0.1) is 20.2 Å². The van der Waals surface area contributed by atoms with Crippen LogP contribution in [0.3, 0.4) is 0 Å². The Morgan fingerprint density at radius 3 is 2.30 bits per heavy atom. The van der Waals surface area contributed by atoms with Crippen molar-refractivity contribution in [3.8, 4) is 5.75 Å². The first-order chi connectivity index (χ1) is 12.6. The van der Waals surface area contributed by atoms with Gasteiger partial charge in [-0.3, -0.25) is 25.0 Å². The molecular formula is C15H10Cl3N3O6. The second-order valence-corrected chi connectivity index (χ2v) is 7.41. The van der Waals surface area contributed by atoms with Crippen molar-refractivity contribution in [2.75, 3.05) is 0 Å². The molecule has 9 nitrogen and oxygen atoms in total. The highest BCUT2D eigenvalue weighted by molar-refractivity contribution is 6.68. The largest absolute Gasteiger partial charge is 0.466 e. The van der Waals surface area contributed by atoms with Crippen LogP contribution in [-0.2, 0) is 0 Å². The maximum Gasteiger partial charge on any atom is 0.282 e. The second-order valence-electron chi connectivity index (χ2n) is 5.04. The number of ether oxygens (including phenoxy) is 1. The van der Waals surface area contributed by atoms with Gasteiger partial charge in [-0.25, -0.2) is 0 Å². The number of nitro groups is 2. The van der Waals surface area contributed by atoms with Crippen molar-refractivity contribution in [1.29, 1.82) is 0 Å². The van der Waals surface area contributed by atoms with Crippen LogP contribution >= 0.6 is 34.8 Å². The molecule has 2 aromatic carbocycles. The van der Waals surface area contributed by atoms with E-state index < -0.39 is 31.5 Å². The molecule has 0 aliphatic heterocycles. The molecule has 0 aromatic heterocycles. The number of carbonyl (C=O) groups is 1. The number of hydrogen-bond acceptors (Lipinski definition) is 6. The Morgan fingerprint density at radius 1 is 1.04 bits per heavy atom. The number of para-hydroxylation sites is 1. The smallest absolute Gasteiger partial charge is 0.282 e. The van der Waals surface area contributed by atoms with Gasteiger partial charge in [-0.2, -0.15) is 0 Å². The molecule has 0 spiro atoms. The third-order valence-electron chi connectivity index (χ3n) is 3.19. The predicted molar refractivity (Wildman–Crippen MR) is 98.4 cm³/mol. The summed E-state index contributed by atoms with van der Waals surface area (Å²) in [6, 6.07) is 10.2. The van der Waals surface area contributed by atoms with Gasteiger partial charge >= 0.3 is 0 Å². The van der Waals surface area contributed by atoms with Gasteiger partial charge in [0.25, 0.3) is 17.3 Å². The van der Waals surface area contributed by atoms with Crippen LogP contribution in [-0.4, -0.2) is 25.8 Å². The molecule has 2 aromatic rings. The summed E-state index contributed by atoms with van der Waals surface area (Å²) >= 11 is 17.4. The molecule has 0 saturated heterocycles. The normalized spacial score (nSPS) is 12.1. The van der Waals surface area contributed by atoms with Gasteiger partial charge in [0.2, 0.25) is 10.0 Å². The number of benzene rings is 2. The third kappa shape index (κ3) is 5.43. The molecule has 27 heavy (non-hydrogen) atoms. The molecular weight excluding hydrogens is 425 g/mol. The number of nitro benzene ring substituents is 2. The van der Waals surface area contributed by atoms with E-state index in [1.54, 1.807) is 0 Å². The Balaban J connectivity index is 2.28. The highest BCUT2D eigenvalue weighted by Gasteiger charge is 2.37. The van der Waals surface area contributed by atoms with E-state index in [-0.39, 0.29) is 17.0 Å². The van der Waals surface area contributed by atoms with Crippen LogP contribution in [0.25, 0.3) is 0 Å². The zero-order chi connectivity index (χ0) is 20.2. The van der Waals surface area contributed by atoms with Crippen molar-refractivity contribution in [2.24, 2.45) is 0 Å². The lowest BCUT2D eigenvalue weighted by Crippen LogP contribution is -2.48. The topological polar surface area (TPSA) is 125 Å². The fourth-order valence-corrected chi connectivity index (χ4v) is 2.30. The van der Waals surface area contributed by atoms with Crippen molar-refractivity contribution in [2.45, 2.75) is 10.0 Å². The van der Waals surface area contributed by atoms with Gasteiger partial charge in [-0.1, -0.05) is 53.0 Å². The number of alkyl halides is 3. The molecule has 1 atom stereocenters. The van der Waals surface area contributed by atoms with Gasteiger partial charge in [-0.15, -0.1) is 0 Å². The maximum absolute atomic E-state index is 12.4. The molecule has 0 saturated carbocycles. The van der Waals surface area contributed by atoms with Crippen molar-refractivity contribution < 1.29 is 19.4 Å². The van der Waals surface area contributed by atoms with Gasteiger partial charge in [0, 0.05) is 12.1 Å². The van der Waals surface area contributed by atoms with Gasteiger partial charge < -0.3 is 10.1 Å². The van der Waals surface area contributed by atoms with Crippen LogP contribution in [0.5, 0.6) is 5.75 Å². The van der Waals surface area contributed by atoms with Crippen LogP contribution in [0.1, 0.15) is 10.4 Å². The van der Waals surface area contributed by atoms with Crippen LogP contribution < -0.4 is 10.1 Å². The van der Waals surface area contributed by atoms with Gasteiger partial charge in [0.1, 0.15) is 11.3 Å². The summed E-state index contributed by atoms with van der Waals surface area (Å²) in [5.74, 6) is -0.979. The standard InChI is InChI=1S/C15H10Cl3N3O6/c16-15(17,18)14(27-10-5-3-4-9(8-10)20(23)24)19-13(22)11-6-1-2-7-12(11)21(25)26/h1-8,14H,(H,19,22)/t14-/m0/s1. The second kappa shape index (κ2) is 8.38. The Hall–Kier alpha value is -2.62. The summed E-state index contributed by atoms with van der Waals surface area (Å²) in [6.45, 7) is 0. The van der Waals surface area contributed by atoms with Gasteiger partial charge in [0.15, 0.2) is 0 Å². The lowest BCUT2D eigenvalue weighted by molar-refractivity contribution is -0.385. The first-order valence-corrected chi connectivity index (χ1v) is 8.25. The minimum atomic E-state index is -2.18. The Kier molecular flexibility index (Phi) is 6.42. The number of hydrogen-bond donors (Lipinski definition) is 1. The minimum absolute atomic E-state index is 0.0524. The van der Waals surface area contributed by atoms with Crippen molar-refractivity contribution in [3.63, 3.8) is 0 Å². The highest BCUT2D eigenvalue weighted by atomic mass is 35.6.